The van der Waals surface area contributed by atoms with E-state index in [1.165, 1.54) is 12.1 Å². The third kappa shape index (κ3) is 3.90. The molecular weight excluding hydrogens is 368 g/mol. The highest BCUT2D eigenvalue weighted by Gasteiger charge is 2.28. The molecule has 0 bridgehead atoms. The topological polar surface area (TPSA) is 70.3 Å². The van der Waals surface area contributed by atoms with Crippen LogP contribution in [0.15, 0.2) is 28.7 Å². The Hall–Kier alpha value is -2.77. The highest BCUT2D eigenvalue weighted by atomic mass is 19.1. The zero-order valence-corrected chi connectivity index (χ0v) is 15.5. The van der Waals surface area contributed by atoms with Gasteiger partial charge in [0.1, 0.15) is 18.1 Å². The number of aromatic nitrogens is 3. The van der Waals surface area contributed by atoms with E-state index in [2.05, 4.69) is 15.0 Å². The quantitative estimate of drug-likeness (QED) is 0.599. The van der Waals surface area contributed by atoms with Gasteiger partial charge in [0.15, 0.2) is 5.52 Å². The summed E-state index contributed by atoms with van der Waals surface area (Å²) in [5.74, 6) is 0.00593. The standard InChI is InChI=1S/C20H21F2N3O3/c1-2-10-26-18-16-19(28-17(23-16)12-6-5-7-13(21)11-12)25-20(24-18)27-15-9-4-3-8-14(15)22/h5-7,11,14-15H,2-4,8-10H2,1H3/t14-,15-/m0/s1. The van der Waals surface area contributed by atoms with Crippen molar-refractivity contribution < 1.29 is 22.7 Å². The predicted molar refractivity (Wildman–Crippen MR) is 98.6 cm³/mol. The molecule has 0 saturated heterocycles. The zero-order valence-electron chi connectivity index (χ0n) is 15.5. The number of rotatable bonds is 6. The maximum atomic E-state index is 14.1. The Labute approximate surface area is 160 Å². The van der Waals surface area contributed by atoms with Crippen molar-refractivity contribution in [1.29, 1.82) is 0 Å². The van der Waals surface area contributed by atoms with Gasteiger partial charge in [-0.25, -0.2) is 13.8 Å². The Balaban J connectivity index is 1.71. The Morgan fingerprint density at radius 3 is 2.82 bits per heavy atom. The Morgan fingerprint density at radius 2 is 2.04 bits per heavy atom. The first-order chi connectivity index (χ1) is 13.6. The summed E-state index contributed by atoms with van der Waals surface area (Å²) in [6, 6.07) is 5.90. The number of oxazole rings is 1. The average molecular weight is 389 g/mol. The lowest BCUT2D eigenvalue weighted by molar-refractivity contribution is 0.0557. The van der Waals surface area contributed by atoms with Gasteiger partial charge in [-0.15, -0.1) is 0 Å². The molecule has 0 spiro atoms. The second kappa shape index (κ2) is 8.08. The second-order valence-corrected chi connectivity index (χ2v) is 6.80. The first kappa shape index (κ1) is 18.6. The van der Waals surface area contributed by atoms with Crippen molar-refractivity contribution in [2.75, 3.05) is 6.61 Å². The first-order valence-corrected chi connectivity index (χ1v) is 9.52. The summed E-state index contributed by atoms with van der Waals surface area (Å²) in [5, 5.41) is 0. The number of alkyl halides is 1. The van der Waals surface area contributed by atoms with Crippen molar-refractivity contribution in [1.82, 2.24) is 15.0 Å². The van der Waals surface area contributed by atoms with E-state index in [1.54, 1.807) is 12.1 Å². The van der Waals surface area contributed by atoms with Crippen molar-refractivity contribution in [2.45, 2.75) is 51.3 Å². The van der Waals surface area contributed by atoms with Crippen LogP contribution < -0.4 is 9.47 Å². The maximum Gasteiger partial charge on any atom is 0.323 e. The highest BCUT2D eigenvalue weighted by molar-refractivity contribution is 5.77. The summed E-state index contributed by atoms with van der Waals surface area (Å²) in [7, 11) is 0. The fourth-order valence-corrected chi connectivity index (χ4v) is 3.20. The zero-order chi connectivity index (χ0) is 19.5. The Kier molecular flexibility index (Phi) is 5.36. The number of hydrogen-bond acceptors (Lipinski definition) is 6. The summed E-state index contributed by atoms with van der Waals surface area (Å²) < 4.78 is 44.8. The van der Waals surface area contributed by atoms with Gasteiger partial charge in [0, 0.05) is 5.56 Å². The summed E-state index contributed by atoms with van der Waals surface area (Å²) >= 11 is 0. The van der Waals surface area contributed by atoms with Crippen LogP contribution in [0.3, 0.4) is 0 Å². The summed E-state index contributed by atoms with van der Waals surface area (Å²) in [6.45, 7) is 2.38. The van der Waals surface area contributed by atoms with Gasteiger partial charge >= 0.3 is 6.01 Å². The van der Waals surface area contributed by atoms with Gasteiger partial charge in [0.2, 0.25) is 5.89 Å². The molecule has 2 heterocycles. The number of hydrogen-bond donors (Lipinski definition) is 0. The van der Waals surface area contributed by atoms with Gasteiger partial charge in [-0.05, 0) is 43.9 Å². The molecule has 3 aromatic rings. The van der Waals surface area contributed by atoms with E-state index in [4.69, 9.17) is 13.9 Å². The van der Waals surface area contributed by atoms with Crippen molar-refractivity contribution >= 4 is 11.2 Å². The van der Waals surface area contributed by atoms with Crippen LogP contribution in [0.5, 0.6) is 11.9 Å². The van der Waals surface area contributed by atoms with Crippen LogP contribution >= 0.6 is 0 Å². The molecule has 6 nitrogen and oxygen atoms in total. The minimum atomic E-state index is -1.05. The first-order valence-electron chi connectivity index (χ1n) is 9.52. The normalized spacial score (nSPS) is 19.7. The molecule has 1 aliphatic rings. The lowest BCUT2D eigenvalue weighted by Crippen LogP contribution is -2.32. The monoisotopic (exact) mass is 389 g/mol. The minimum Gasteiger partial charge on any atom is -0.476 e. The minimum absolute atomic E-state index is 0.00454. The Morgan fingerprint density at radius 1 is 1.18 bits per heavy atom. The van der Waals surface area contributed by atoms with Gasteiger partial charge in [0.05, 0.1) is 6.61 Å². The predicted octanol–water partition coefficient (Wildman–Crippen LogP) is 4.87. The highest BCUT2D eigenvalue weighted by Crippen LogP contribution is 2.31. The molecule has 1 saturated carbocycles. The molecule has 0 N–H and O–H groups in total. The fourth-order valence-electron chi connectivity index (χ4n) is 3.20. The third-order valence-electron chi connectivity index (χ3n) is 4.60. The summed E-state index contributed by atoms with van der Waals surface area (Å²) in [6.07, 6.45) is 1.97. The number of halogens is 2. The smallest absolute Gasteiger partial charge is 0.323 e. The molecule has 1 aliphatic carbocycles. The lowest BCUT2D eigenvalue weighted by atomic mass is 9.96. The van der Waals surface area contributed by atoms with Gasteiger partial charge in [0.25, 0.3) is 11.6 Å². The molecule has 4 rings (SSSR count). The number of nitrogens with zero attached hydrogens (tertiary/aromatic N) is 3. The molecule has 8 heteroatoms. The molecule has 1 aromatic carbocycles. The third-order valence-corrected chi connectivity index (χ3v) is 4.60. The van der Waals surface area contributed by atoms with E-state index in [0.717, 1.165) is 19.3 Å². The molecule has 28 heavy (non-hydrogen) atoms. The van der Waals surface area contributed by atoms with E-state index in [9.17, 15) is 8.78 Å². The summed E-state index contributed by atoms with van der Waals surface area (Å²) in [4.78, 5) is 12.9. The largest absolute Gasteiger partial charge is 0.476 e. The maximum absolute atomic E-state index is 14.1. The van der Waals surface area contributed by atoms with Crippen LogP contribution in [0.1, 0.15) is 39.0 Å². The second-order valence-electron chi connectivity index (χ2n) is 6.80. The van der Waals surface area contributed by atoms with E-state index in [1.807, 2.05) is 6.92 Å². The van der Waals surface area contributed by atoms with E-state index in [0.29, 0.717) is 30.5 Å². The molecule has 2 atom stereocenters. The number of benzene rings is 1. The molecular formula is C20H21F2N3O3. The van der Waals surface area contributed by atoms with Crippen molar-refractivity contribution in [3.8, 4) is 23.3 Å². The molecule has 0 amide bonds. The fraction of sp³-hybridized carbons (Fsp3) is 0.450. The van der Waals surface area contributed by atoms with Crippen LogP contribution in [0, 0.1) is 5.82 Å². The Bertz CT molecular complexity index is 963. The van der Waals surface area contributed by atoms with Crippen LogP contribution in [-0.2, 0) is 0 Å². The van der Waals surface area contributed by atoms with Crippen LogP contribution in [0.2, 0.25) is 0 Å². The molecule has 0 radical (unpaired) electrons. The van der Waals surface area contributed by atoms with Crippen molar-refractivity contribution in [3.05, 3.63) is 30.1 Å². The van der Waals surface area contributed by atoms with E-state index in [-0.39, 0.29) is 23.5 Å². The van der Waals surface area contributed by atoms with E-state index < -0.39 is 18.1 Å². The van der Waals surface area contributed by atoms with Crippen LogP contribution in [0.4, 0.5) is 8.78 Å². The average Bonchev–Trinajstić information content (AvgIpc) is 3.12. The van der Waals surface area contributed by atoms with Crippen molar-refractivity contribution in [3.63, 3.8) is 0 Å². The number of fused-ring (bicyclic) bond motifs is 1. The summed E-state index contributed by atoms with van der Waals surface area (Å²) in [5.41, 5.74) is 0.945. The molecule has 0 aliphatic heterocycles. The number of ether oxygens (including phenoxy) is 2. The van der Waals surface area contributed by atoms with Crippen molar-refractivity contribution in [2.24, 2.45) is 0 Å². The van der Waals surface area contributed by atoms with Gasteiger partial charge < -0.3 is 13.9 Å². The molecule has 1 fully saturated rings. The lowest BCUT2D eigenvalue weighted by Gasteiger charge is -2.25. The molecule has 148 valence electrons. The van der Waals surface area contributed by atoms with Crippen LogP contribution in [-0.4, -0.2) is 33.8 Å². The molecule has 0 unspecified atom stereocenters. The van der Waals surface area contributed by atoms with E-state index >= 15 is 0 Å². The van der Waals surface area contributed by atoms with Gasteiger partial charge in [-0.3, -0.25) is 0 Å². The SMILES string of the molecule is CCCOc1nc(O[C@H]2CCCC[C@@H]2F)nc2oc(-c3cccc(F)c3)nc12. The van der Waals surface area contributed by atoms with Gasteiger partial charge in [-0.1, -0.05) is 19.4 Å². The van der Waals surface area contributed by atoms with Gasteiger partial charge in [-0.2, -0.15) is 9.97 Å². The van der Waals surface area contributed by atoms with Crippen LogP contribution in [0.25, 0.3) is 22.7 Å². The molecule has 2 aromatic heterocycles.